The van der Waals surface area contributed by atoms with E-state index in [-0.39, 0.29) is 17.5 Å². The zero-order valence-corrected chi connectivity index (χ0v) is 16.9. The lowest BCUT2D eigenvalue weighted by Crippen LogP contribution is -2.62. The van der Waals surface area contributed by atoms with Crippen LogP contribution in [0.3, 0.4) is 0 Å². The number of carbonyl (C=O) groups is 1. The van der Waals surface area contributed by atoms with E-state index in [4.69, 9.17) is 5.73 Å². The molecule has 0 aromatic carbocycles. The SMILES string of the molecule is C[C@H](C(=O)NC12CC3CC(CC(C3)C1)C2)N1CCC[C@H](c2ccnc(N)n2)C1. The number of nitrogens with two attached hydrogens (primary N) is 1. The van der Waals surface area contributed by atoms with Gasteiger partial charge in [-0.15, -0.1) is 0 Å². The van der Waals surface area contributed by atoms with Crippen molar-refractivity contribution in [3.8, 4) is 0 Å². The average Bonchev–Trinajstić information content (AvgIpc) is 2.66. The van der Waals surface area contributed by atoms with Crippen LogP contribution in [0.15, 0.2) is 12.3 Å². The number of nitrogens with zero attached hydrogens (tertiary/aromatic N) is 3. The van der Waals surface area contributed by atoms with E-state index in [1.807, 2.05) is 6.07 Å². The predicted molar refractivity (Wildman–Crippen MR) is 109 cm³/mol. The molecule has 4 bridgehead atoms. The zero-order valence-electron chi connectivity index (χ0n) is 16.9. The second-order valence-corrected chi connectivity index (χ2v) is 10.0. The summed E-state index contributed by atoms with van der Waals surface area (Å²) in [5.74, 6) is 3.44. The van der Waals surface area contributed by atoms with Crippen LogP contribution in [0.1, 0.15) is 69.9 Å². The lowest BCUT2D eigenvalue weighted by molar-refractivity contribution is -0.132. The number of nitrogens with one attached hydrogen (secondary N) is 1. The molecule has 2 heterocycles. The molecule has 3 N–H and O–H groups in total. The molecule has 152 valence electrons. The number of aromatic nitrogens is 2. The van der Waals surface area contributed by atoms with E-state index in [0.29, 0.717) is 11.9 Å². The zero-order chi connectivity index (χ0) is 19.3. The maximum Gasteiger partial charge on any atom is 0.237 e. The molecule has 1 aromatic heterocycles. The normalized spacial score (nSPS) is 38.3. The number of rotatable bonds is 4. The van der Waals surface area contributed by atoms with Crippen LogP contribution in [-0.4, -0.2) is 45.4 Å². The number of piperidine rings is 1. The Morgan fingerprint density at radius 1 is 1.25 bits per heavy atom. The second-order valence-electron chi connectivity index (χ2n) is 10.0. The average molecular weight is 384 g/mol. The van der Waals surface area contributed by atoms with Crippen molar-refractivity contribution in [3.05, 3.63) is 18.0 Å². The molecule has 4 aliphatic carbocycles. The molecular formula is C22H33N5O. The summed E-state index contributed by atoms with van der Waals surface area (Å²) < 4.78 is 0. The summed E-state index contributed by atoms with van der Waals surface area (Å²) >= 11 is 0. The van der Waals surface area contributed by atoms with E-state index in [9.17, 15) is 4.79 Å². The van der Waals surface area contributed by atoms with Crippen LogP contribution in [0, 0.1) is 17.8 Å². The van der Waals surface area contributed by atoms with Crippen molar-refractivity contribution in [2.45, 2.75) is 75.8 Å². The van der Waals surface area contributed by atoms with E-state index in [0.717, 1.165) is 49.4 Å². The van der Waals surface area contributed by atoms with Crippen LogP contribution in [0.4, 0.5) is 5.95 Å². The fourth-order valence-corrected chi connectivity index (χ4v) is 7.01. The number of anilines is 1. The number of likely N-dealkylation sites (tertiary alicyclic amines) is 1. The van der Waals surface area contributed by atoms with E-state index in [1.165, 1.54) is 38.5 Å². The first-order valence-electron chi connectivity index (χ1n) is 11.1. The highest BCUT2D eigenvalue weighted by molar-refractivity contribution is 5.82. The number of carbonyl (C=O) groups excluding carboxylic acids is 1. The van der Waals surface area contributed by atoms with Gasteiger partial charge in [-0.25, -0.2) is 9.97 Å². The van der Waals surface area contributed by atoms with Crippen molar-refractivity contribution in [3.63, 3.8) is 0 Å². The minimum atomic E-state index is -0.0880. The third-order valence-electron chi connectivity index (χ3n) is 7.92. The molecule has 0 spiro atoms. The molecule has 2 atom stereocenters. The third-order valence-corrected chi connectivity index (χ3v) is 7.92. The lowest BCUT2D eigenvalue weighted by atomic mass is 9.53. The van der Waals surface area contributed by atoms with Crippen molar-refractivity contribution >= 4 is 11.9 Å². The van der Waals surface area contributed by atoms with Gasteiger partial charge in [-0.2, -0.15) is 0 Å². The molecule has 1 saturated heterocycles. The molecule has 0 radical (unpaired) electrons. The molecule has 5 fully saturated rings. The van der Waals surface area contributed by atoms with Gasteiger partial charge in [0.25, 0.3) is 0 Å². The van der Waals surface area contributed by atoms with Crippen LogP contribution in [0.2, 0.25) is 0 Å². The Morgan fingerprint density at radius 3 is 2.57 bits per heavy atom. The molecule has 4 saturated carbocycles. The van der Waals surface area contributed by atoms with Crippen molar-refractivity contribution < 1.29 is 4.79 Å². The van der Waals surface area contributed by atoms with Crippen molar-refractivity contribution in [2.24, 2.45) is 17.8 Å². The third kappa shape index (κ3) is 3.40. The van der Waals surface area contributed by atoms with Gasteiger partial charge in [0.05, 0.1) is 11.7 Å². The molecule has 1 amide bonds. The molecule has 6 rings (SSSR count). The highest BCUT2D eigenvalue weighted by atomic mass is 16.2. The Balaban J connectivity index is 1.24. The summed E-state index contributed by atoms with van der Waals surface area (Å²) in [7, 11) is 0. The Labute approximate surface area is 167 Å². The van der Waals surface area contributed by atoms with Gasteiger partial charge in [-0.1, -0.05) is 0 Å². The van der Waals surface area contributed by atoms with Crippen LogP contribution in [0.5, 0.6) is 0 Å². The first kappa shape index (κ1) is 18.3. The molecule has 1 aliphatic heterocycles. The van der Waals surface area contributed by atoms with E-state index in [1.54, 1.807) is 6.20 Å². The lowest BCUT2D eigenvalue weighted by Gasteiger charge is -2.57. The number of nitrogen functional groups attached to an aromatic ring is 1. The smallest absolute Gasteiger partial charge is 0.237 e. The van der Waals surface area contributed by atoms with E-state index in [2.05, 4.69) is 27.1 Å². The number of hydrogen-bond acceptors (Lipinski definition) is 5. The molecule has 1 aromatic rings. The Kier molecular flexibility index (Phi) is 4.57. The van der Waals surface area contributed by atoms with Crippen molar-refractivity contribution in [2.75, 3.05) is 18.8 Å². The molecule has 6 heteroatoms. The summed E-state index contributed by atoms with van der Waals surface area (Å²) in [5.41, 5.74) is 6.87. The van der Waals surface area contributed by atoms with Gasteiger partial charge in [-0.3, -0.25) is 9.69 Å². The summed E-state index contributed by atoms with van der Waals surface area (Å²) in [4.78, 5) is 24.0. The standard InChI is InChI=1S/C22H33N5O/c1-14(27-6-2-3-18(13-27)19-4-5-24-21(23)25-19)20(28)26-22-10-15-7-16(11-22)9-17(8-15)12-22/h4-5,14-18H,2-3,6-13H2,1H3,(H,26,28)(H2,23,24,25)/t14-,15?,16?,17?,18+,22?/m1/s1. The summed E-state index contributed by atoms with van der Waals surface area (Å²) in [6, 6.07) is 1.88. The first-order valence-corrected chi connectivity index (χ1v) is 11.1. The fraction of sp³-hybridized carbons (Fsp3) is 0.773. The van der Waals surface area contributed by atoms with Crippen molar-refractivity contribution in [1.29, 1.82) is 0 Å². The largest absolute Gasteiger partial charge is 0.368 e. The quantitative estimate of drug-likeness (QED) is 0.835. The summed E-state index contributed by atoms with van der Waals surface area (Å²) in [6.07, 6.45) is 11.8. The van der Waals surface area contributed by atoms with Gasteiger partial charge in [0, 0.05) is 24.2 Å². The van der Waals surface area contributed by atoms with Gasteiger partial charge >= 0.3 is 0 Å². The maximum atomic E-state index is 13.2. The van der Waals surface area contributed by atoms with E-state index >= 15 is 0 Å². The second kappa shape index (κ2) is 6.97. The molecule has 28 heavy (non-hydrogen) atoms. The minimum absolute atomic E-state index is 0.0880. The van der Waals surface area contributed by atoms with Crippen LogP contribution in [0.25, 0.3) is 0 Å². The Bertz CT molecular complexity index is 715. The van der Waals surface area contributed by atoms with Crippen molar-refractivity contribution in [1.82, 2.24) is 20.2 Å². The number of hydrogen-bond donors (Lipinski definition) is 2. The molecule has 6 nitrogen and oxygen atoms in total. The van der Waals surface area contributed by atoms with Gasteiger partial charge in [0.15, 0.2) is 0 Å². The van der Waals surface area contributed by atoms with Gasteiger partial charge in [0.2, 0.25) is 11.9 Å². The molecule has 5 aliphatic rings. The number of amides is 1. The highest BCUT2D eigenvalue weighted by Crippen LogP contribution is 2.55. The minimum Gasteiger partial charge on any atom is -0.368 e. The van der Waals surface area contributed by atoms with Crippen LogP contribution >= 0.6 is 0 Å². The highest BCUT2D eigenvalue weighted by Gasteiger charge is 2.51. The Morgan fingerprint density at radius 2 is 1.93 bits per heavy atom. The molecule has 0 unspecified atom stereocenters. The summed E-state index contributed by atoms with van der Waals surface area (Å²) in [5, 5.41) is 3.56. The summed E-state index contributed by atoms with van der Waals surface area (Å²) in [6.45, 7) is 3.92. The topological polar surface area (TPSA) is 84.1 Å². The van der Waals surface area contributed by atoms with Gasteiger partial charge < -0.3 is 11.1 Å². The molecular weight excluding hydrogens is 350 g/mol. The van der Waals surface area contributed by atoms with Gasteiger partial charge in [0.1, 0.15) is 0 Å². The first-order chi connectivity index (χ1) is 13.5. The van der Waals surface area contributed by atoms with E-state index < -0.39 is 0 Å². The maximum absolute atomic E-state index is 13.2. The van der Waals surface area contributed by atoms with Gasteiger partial charge in [-0.05, 0) is 88.7 Å². The van der Waals surface area contributed by atoms with Crippen LogP contribution in [-0.2, 0) is 4.79 Å². The monoisotopic (exact) mass is 383 g/mol. The van der Waals surface area contributed by atoms with Crippen LogP contribution < -0.4 is 11.1 Å². The predicted octanol–water partition coefficient (Wildman–Crippen LogP) is 2.71. The fourth-order valence-electron chi connectivity index (χ4n) is 7.01. The Hall–Kier alpha value is -1.69.